The first-order valence-electron chi connectivity index (χ1n) is 5.86. The Kier molecular flexibility index (Phi) is 2.15. The third-order valence-corrected chi connectivity index (χ3v) is 5.11. The fourth-order valence-corrected chi connectivity index (χ4v) is 4.45. The van der Waals surface area contributed by atoms with Crippen LogP contribution in [0.5, 0.6) is 0 Å². The SMILES string of the molecule is Cc1ncc(CC2(N)CC3CCC2C3)s1. The van der Waals surface area contributed by atoms with Crippen molar-refractivity contribution < 1.29 is 0 Å². The predicted molar refractivity (Wildman–Crippen MR) is 62.9 cm³/mol. The Balaban J connectivity index is 1.77. The molecule has 2 bridgehead atoms. The highest BCUT2D eigenvalue weighted by molar-refractivity contribution is 7.11. The third kappa shape index (κ3) is 1.62. The zero-order valence-corrected chi connectivity index (χ0v) is 10.0. The largest absolute Gasteiger partial charge is 0.325 e. The Morgan fingerprint density at radius 2 is 2.47 bits per heavy atom. The van der Waals surface area contributed by atoms with Crippen LogP contribution in [0.1, 0.15) is 35.6 Å². The maximum atomic E-state index is 6.56. The number of nitrogens with zero attached hydrogens (tertiary/aromatic N) is 1. The highest BCUT2D eigenvalue weighted by atomic mass is 32.1. The molecular weight excluding hydrogens is 204 g/mol. The molecule has 0 aliphatic heterocycles. The minimum Gasteiger partial charge on any atom is -0.325 e. The molecule has 0 amide bonds. The van der Waals surface area contributed by atoms with Crippen LogP contribution in [-0.2, 0) is 6.42 Å². The van der Waals surface area contributed by atoms with Crippen LogP contribution in [-0.4, -0.2) is 10.5 Å². The summed E-state index contributed by atoms with van der Waals surface area (Å²) in [6.07, 6.45) is 8.48. The first-order chi connectivity index (χ1) is 7.16. The predicted octanol–water partition coefficient (Wildman–Crippen LogP) is 2.51. The van der Waals surface area contributed by atoms with Crippen molar-refractivity contribution in [3.63, 3.8) is 0 Å². The Morgan fingerprint density at radius 3 is 3.00 bits per heavy atom. The van der Waals surface area contributed by atoms with Gasteiger partial charge in [0.25, 0.3) is 0 Å². The Labute approximate surface area is 94.9 Å². The zero-order chi connectivity index (χ0) is 10.5. The van der Waals surface area contributed by atoms with Crippen LogP contribution in [0.15, 0.2) is 6.20 Å². The number of nitrogens with two attached hydrogens (primary N) is 1. The molecule has 3 atom stereocenters. The molecule has 2 fully saturated rings. The van der Waals surface area contributed by atoms with Crippen LogP contribution in [0.2, 0.25) is 0 Å². The van der Waals surface area contributed by atoms with Crippen molar-refractivity contribution in [1.29, 1.82) is 0 Å². The molecule has 0 radical (unpaired) electrons. The third-order valence-electron chi connectivity index (χ3n) is 4.20. The molecule has 2 aliphatic rings. The van der Waals surface area contributed by atoms with Crippen LogP contribution >= 0.6 is 11.3 Å². The minimum atomic E-state index is 0.0991. The molecule has 82 valence electrons. The molecule has 2 saturated carbocycles. The number of hydrogen-bond donors (Lipinski definition) is 1. The molecule has 2 N–H and O–H groups in total. The number of hydrogen-bond acceptors (Lipinski definition) is 3. The monoisotopic (exact) mass is 222 g/mol. The van der Waals surface area contributed by atoms with Crippen molar-refractivity contribution in [3.8, 4) is 0 Å². The van der Waals surface area contributed by atoms with Gasteiger partial charge in [-0.05, 0) is 38.0 Å². The lowest BCUT2D eigenvalue weighted by Gasteiger charge is -2.33. The number of thiazole rings is 1. The maximum Gasteiger partial charge on any atom is 0.0896 e. The molecule has 1 aromatic rings. The van der Waals surface area contributed by atoms with Gasteiger partial charge < -0.3 is 5.73 Å². The lowest BCUT2D eigenvalue weighted by Crippen LogP contribution is -2.46. The molecular formula is C12H18N2S. The van der Waals surface area contributed by atoms with Crippen LogP contribution in [0.25, 0.3) is 0 Å². The summed E-state index contributed by atoms with van der Waals surface area (Å²) in [7, 11) is 0. The van der Waals surface area contributed by atoms with Crippen LogP contribution in [0, 0.1) is 18.8 Å². The number of fused-ring (bicyclic) bond motifs is 2. The van der Waals surface area contributed by atoms with Crippen LogP contribution in [0.3, 0.4) is 0 Å². The Hall–Kier alpha value is -0.410. The zero-order valence-electron chi connectivity index (χ0n) is 9.20. The van der Waals surface area contributed by atoms with E-state index in [2.05, 4.69) is 11.9 Å². The van der Waals surface area contributed by atoms with Gasteiger partial charge in [0.05, 0.1) is 5.01 Å². The van der Waals surface area contributed by atoms with Gasteiger partial charge in [0.2, 0.25) is 0 Å². The first kappa shape index (κ1) is 9.79. The fraction of sp³-hybridized carbons (Fsp3) is 0.750. The van der Waals surface area contributed by atoms with E-state index < -0.39 is 0 Å². The summed E-state index contributed by atoms with van der Waals surface area (Å²) in [6.45, 7) is 2.07. The van der Waals surface area contributed by atoms with E-state index >= 15 is 0 Å². The van der Waals surface area contributed by atoms with Gasteiger partial charge in [0.15, 0.2) is 0 Å². The van der Waals surface area contributed by atoms with Crippen molar-refractivity contribution in [1.82, 2.24) is 4.98 Å². The number of aryl methyl sites for hydroxylation is 1. The van der Waals surface area contributed by atoms with Crippen molar-refractivity contribution in [2.24, 2.45) is 17.6 Å². The quantitative estimate of drug-likeness (QED) is 0.835. The summed E-state index contributed by atoms with van der Waals surface area (Å²) in [4.78, 5) is 5.69. The van der Waals surface area contributed by atoms with Crippen molar-refractivity contribution >= 4 is 11.3 Å². The van der Waals surface area contributed by atoms with E-state index in [1.165, 1.54) is 30.6 Å². The average molecular weight is 222 g/mol. The van der Waals surface area contributed by atoms with Crippen molar-refractivity contribution in [2.75, 3.05) is 0 Å². The van der Waals surface area contributed by atoms with Crippen molar-refractivity contribution in [2.45, 2.75) is 44.6 Å². The van der Waals surface area contributed by atoms with Crippen LogP contribution in [0.4, 0.5) is 0 Å². The topological polar surface area (TPSA) is 38.9 Å². The van der Waals surface area contributed by atoms with Gasteiger partial charge in [-0.3, -0.25) is 0 Å². The van der Waals surface area contributed by atoms with Gasteiger partial charge in [0.1, 0.15) is 0 Å². The van der Waals surface area contributed by atoms with E-state index in [1.807, 2.05) is 17.5 Å². The summed E-state index contributed by atoms with van der Waals surface area (Å²) in [6, 6.07) is 0. The van der Waals surface area contributed by atoms with Crippen molar-refractivity contribution in [3.05, 3.63) is 16.1 Å². The normalized spacial score (nSPS) is 38.8. The molecule has 0 saturated heterocycles. The van der Waals surface area contributed by atoms with E-state index in [1.54, 1.807) is 0 Å². The second-order valence-corrected chi connectivity index (χ2v) is 6.65. The van der Waals surface area contributed by atoms with E-state index in [9.17, 15) is 0 Å². The molecule has 3 rings (SSSR count). The summed E-state index contributed by atoms with van der Waals surface area (Å²) >= 11 is 1.81. The summed E-state index contributed by atoms with van der Waals surface area (Å²) < 4.78 is 0. The molecule has 3 unspecified atom stereocenters. The van der Waals surface area contributed by atoms with E-state index in [4.69, 9.17) is 5.73 Å². The summed E-state index contributed by atoms with van der Waals surface area (Å²) in [5, 5.41) is 1.16. The van der Waals surface area contributed by atoms with Gasteiger partial charge in [-0.1, -0.05) is 6.42 Å². The van der Waals surface area contributed by atoms with Gasteiger partial charge in [-0.2, -0.15) is 0 Å². The fourth-order valence-electron chi connectivity index (χ4n) is 3.51. The Bertz CT molecular complexity index is 373. The van der Waals surface area contributed by atoms with Gasteiger partial charge in [0, 0.05) is 23.0 Å². The first-order valence-corrected chi connectivity index (χ1v) is 6.67. The highest BCUT2D eigenvalue weighted by Crippen LogP contribution is 2.50. The molecule has 2 nitrogen and oxygen atoms in total. The van der Waals surface area contributed by atoms with E-state index in [0.717, 1.165) is 23.3 Å². The molecule has 1 aromatic heterocycles. The molecule has 0 spiro atoms. The second-order valence-electron chi connectivity index (χ2n) is 5.34. The molecule has 2 aliphatic carbocycles. The van der Waals surface area contributed by atoms with Gasteiger partial charge in [-0.25, -0.2) is 4.98 Å². The smallest absolute Gasteiger partial charge is 0.0896 e. The van der Waals surface area contributed by atoms with Gasteiger partial charge >= 0.3 is 0 Å². The Morgan fingerprint density at radius 1 is 1.60 bits per heavy atom. The molecule has 3 heteroatoms. The molecule has 0 aromatic carbocycles. The minimum absolute atomic E-state index is 0.0991. The molecule has 15 heavy (non-hydrogen) atoms. The maximum absolute atomic E-state index is 6.56. The van der Waals surface area contributed by atoms with Crippen LogP contribution < -0.4 is 5.73 Å². The van der Waals surface area contributed by atoms with E-state index in [0.29, 0.717) is 0 Å². The second kappa shape index (κ2) is 3.29. The highest BCUT2D eigenvalue weighted by Gasteiger charge is 2.48. The van der Waals surface area contributed by atoms with Gasteiger partial charge in [-0.15, -0.1) is 11.3 Å². The van der Waals surface area contributed by atoms with E-state index in [-0.39, 0.29) is 5.54 Å². The lowest BCUT2D eigenvalue weighted by atomic mass is 9.79. The number of aromatic nitrogens is 1. The average Bonchev–Trinajstić information content (AvgIpc) is 2.81. The summed E-state index contributed by atoms with van der Waals surface area (Å²) in [5.41, 5.74) is 6.66. The molecule has 1 heterocycles. The summed E-state index contributed by atoms with van der Waals surface area (Å²) in [5.74, 6) is 1.71. The lowest BCUT2D eigenvalue weighted by molar-refractivity contribution is 0.271. The number of rotatable bonds is 2. The standard InChI is InChI=1S/C12H18N2S/c1-8-14-7-11(15-8)6-12(13)5-9-2-3-10(12)4-9/h7,9-10H,2-6,13H2,1H3.